The zero-order valence-electron chi connectivity index (χ0n) is 15.9. The third-order valence-corrected chi connectivity index (χ3v) is 6.32. The van der Waals surface area contributed by atoms with Crippen molar-refractivity contribution in [3.8, 4) is 0 Å². The van der Waals surface area contributed by atoms with E-state index >= 15 is 0 Å². The summed E-state index contributed by atoms with van der Waals surface area (Å²) in [5.41, 5.74) is 1.32. The molecule has 0 saturated carbocycles. The predicted octanol–water partition coefficient (Wildman–Crippen LogP) is 3.06. The third kappa shape index (κ3) is 4.05. The standard InChI is InChI=1S/C20H22ClN3O3S/c1-13(2)18(20(25)24(3)12-14-8-4-6-10-16(14)21)22-19-15-9-5-7-11-17(15)28(26,27)23-19/h4-11,13,18H,12H2,1-3H3,(H,22,23)/t18-/m0/s1. The van der Waals surface area contributed by atoms with E-state index in [0.717, 1.165) is 5.56 Å². The number of amides is 1. The Kier molecular flexibility index (Phi) is 5.76. The summed E-state index contributed by atoms with van der Waals surface area (Å²) in [7, 11) is -1.96. The maximum atomic E-state index is 13.1. The minimum absolute atomic E-state index is 0.119. The van der Waals surface area contributed by atoms with Crippen LogP contribution in [0.4, 0.5) is 0 Å². The van der Waals surface area contributed by atoms with E-state index in [4.69, 9.17) is 11.6 Å². The Morgan fingerprint density at radius 3 is 2.46 bits per heavy atom. The number of nitrogens with one attached hydrogen (secondary N) is 1. The first-order chi connectivity index (χ1) is 13.2. The number of halogens is 1. The van der Waals surface area contributed by atoms with Gasteiger partial charge in [-0.3, -0.25) is 14.5 Å². The number of amidine groups is 1. The van der Waals surface area contributed by atoms with Crippen LogP contribution in [0.3, 0.4) is 0 Å². The Hall–Kier alpha value is -2.38. The van der Waals surface area contributed by atoms with E-state index in [1.807, 2.05) is 32.0 Å². The average molecular weight is 420 g/mol. The van der Waals surface area contributed by atoms with Crippen molar-refractivity contribution in [3.05, 3.63) is 64.7 Å². The van der Waals surface area contributed by atoms with Gasteiger partial charge in [-0.05, 0) is 29.7 Å². The molecule has 1 heterocycles. The van der Waals surface area contributed by atoms with Crippen LogP contribution < -0.4 is 4.72 Å². The molecule has 0 spiro atoms. The first-order valence-electron chi connectivity index (χ1n) is 8.89. The summed E-state index contributed by atoms with van der Waals surface area (Å²) in [4.78, 5) is 19.3. The van der Waals surface area contributed by atoms with Gasteiger partial charge in [0.1, 0.15) is 11.9 Å². The van der Waals surface area contributed by atoms with Crippen molar-refractivity contribution in [2.24, 2.45) is 10.9 Å². The SMILES string of the molecule is CC(C)[C@H](N=C1NS(=O)(=O)c2ccccc21)C(=O)N(C)Cc1ccccc1Cl. The molecule has 0 unspecified atom stereocenters. The Morgan fingerprint density at radius 1 is 1.14 bits per heavy atom. The van der Waals surface area contributed by atoms with E-state index in [2.05, 4.69) is 9.71 Å². The minimum Gasteiger partial charge on any atom is -0.340 e. The van der Waals surface area contributed by atoms with Gasteiger partial charge in [-0.2, -0.15) is 0 Å². The zero-order chi connectivity index (χ0) is 20.5. The molecule has 0 aliphatic carbocycles. The molecule has 2 aromatic carbocycles. The summed E-state index contributed by atoms with van der Waals surface area (Å²) in [6, 6.07) is 13.2. The first-order valence-corrected chi connectivity index (χ1v) is 10.7. The summed E-state index contributed by atoms with van der Waals surface area (Å²) in [6.07, 6.45) is 0. The summed E-state index contributed by atoms with van der Waals surface area (Å²) < 4.78 is 27.1. The van der Waals surface area contributed by atoms with Crippen LogP contribution in [0.2, 0.25) is 5.02 Å². The van der Waals surface area contributed by atoms with Gasteiger partial charge < -0.3 is 4.90 Å². The monoisotopic (exact) mass is 419 g/mol. The van der Waals surface area contributed by atoms with Crippen molar-refractivity contribution in [1.82, 2.24) is 9.62 Å². The summed E-state index contributed by atoms with van der Waals surface area (Å²) >= 11 is 6.20. The number of likely N-dealkylation sites (N-methyl/N-ethyl adjacent to an activating group) is 1. The molecule has 1 atom stereocenters. The molecule has 1 N–H and O–H groups in total. The van der Waals surface area contributed by atoms with Gasteiger partial charge >= 0.3 is 0 Å². The van der Waals surface area contributed by atoms with Gasteiger partial charge in [0.15, 0.2) is 0 Å². The molecule has 0 radical (unpaired) electrons. The zero-order valence-corrected chi connectivity index (χ0v) is 17.5. The molecule has 8 heteroatoms. The molecule has 1 amide bonds. The summed E-state index contributed by atoms with van der Waals surface area (Å²) in [5, 5.41) is 0.590. The fraction of sp³-hybridized carbons (Fsp3) is 0.300. The van der Waals surface area contributed by atoms with Gasteiger partial charge in [0.2, 0.25) is 5.91 Å². The van der Waals surface area contributed by atoms with E-state index in [-0.39, 0.29) is 22.6 Å². The lowest BCUT2D eigenvalue weighted by Gasteiger charge is -2.24. The fourth-order valence-electron chi connectivity index (χ4n) is 3.04. The van der Waals surface area contributed by atoms with Crippen LogP contribution in [0.15, 0.2) is 58.4 Å². The van der Waals surface area contributed by atoms with Crippen LogP contribution in [0.25, 0.3) is 0 Å². The Morgan fingerprint density at radius 2 is 1.79 bits per heavy atom. The highest BCUT2D eigenvalue weighted by atomic mass is 35.5. The average Bonchev–Trinajstić information content (AvgIpc) is 2.91. The molecule has 0 aromatic heterocycles. The van der Waals surface area contributed by atoms with Crippen LogP contribution in [-0.2, 0) is 21.4 Å². The topological polar surface area (TPSA) is 78.8 Å². The van der Waals surface area contributed by atoms with Gasteiger partial charge in [0.05, 0.1) is 4.90 Å². The van der Waals surface area contributed by atoms with Gasteiger partial charge in [0, 0.05) is 24.2 Å². The highest BCUT2D eigenvalue weighted by molar-refractivity contribution is 7.90. The first kappa shape index (κ1) is 20.4. The molecule has 148 valence electrons. The quantitative estimate of drug-likeness (QED) is 0.808. The largest absolute Gasteiger partial charge is 0.340 e. The lowest BCUT2D eigenvalue weighted by atomic mass is 10.0. The van der Waals surface area contributed by atoms with Crippen molar-refractivity contribution < 1.29 is 13.2 Å². The normalized spacial score (nSPS) is 17.2. The van der Waals surface area contributed by atoms with E-state index in [0.29, 0.717) is 17.1 Å². The number of rotatable bonds is 5. The van der Waals surface area contributed by atoms with E-state index < -0.39 is 16.1 Å². The highest BCUT2D eigenvalue weighted by Crippen LogP contribution is 2.24. The Balaban J connectivity index is 1.89. The second kappa shape index (κ2) is 7.93. The smallest absolute Gasteiger partial charge is 0.263 e. The third-order valence-electron chi connectivity index (χ3n) is 4.56. The van der Waals surface area contributed by atoms with Crippen LogP contribution in [-0.4, -0.2) is 38.2 Å². The number of hydrogen-bond donors (Lipinski definition) is 1. The summed E-state index contributed by atoms with van der Waals surface area (Å²) in [5.74, 6) is -0.120. The number of benzene rings is 2. The van der Waals surface area contributed by atoms with Crippen molar-refractivity contribution in [1.29, 1.82) is 0 Å². The van der Waals surface area contributed by atoms with Crippen LogP contribution in [0.1, 0.15) is 25.0 Å². The molecule has 1 aliphatic heterocycles. The second-order valence-corrected chi connectivity index (χ2v) is 9.11. The van der Waals surface area contributed by atoms with Crippen LogP contribution >= 0.6 is 11.6 Å². The maximum Gasteiger partial charge on any atom is 0.263 e. The lowest BCUT2D eigenvalue weighted by molar-refractivity contribution is -0.132. The van der Waals surface area contributed by atoms with E-state index in [1.54, 1.807) is 36.2 Å². The van der Waals surface area contributed by atoms with Crippen molar-refractivity contribution >= 4 is 33.4 Å². The Bertz CT molecular complexity index is 1030. The fourth-order valence-corrected chi connectivity index (χ4v) is 4.48. The number of hydrogen-bond acceptors (Lipinski definition) is 4. The molecule has 6 nitrogen and oxygen atoms in total. The summed E-state index contributed by atoms with van der Waals surface area (Å²) in [6.45, 7) is 4.10. The molecular weight excluding hydrogens is 398 g/mol. The van der Waals surface area contributed by atoms with Crippen LogP contribution in [0, 0.1) is 5.92 Å². The van der Waals surface area contributed by atoms with Crippen LogP contribution in [0.5, 0.6) is 0 Å². The van der Waals surface area contributed by atoms with Gasteiger partial charge in [-0.15, -0.1) is 0 Å². The molecule has 2 aromatic rings. The molecule has 1 aliphatic rings. The van der Waals surface area contributed by atoms with Gasteiger partial charge in [-0.25, -0.2) is 8.42 Å². The minimum atomic E-state index is -3.65. The van der Waals surface area contributed by atoms with E-state index in [1.165, 1.54) is 6.07 Å². The number of sulfonamides is 1. The number of carbonyl (C=O) groups is 1. The molecule has 0 bridgehead atoms. The maximum absolute atomic E-state index is 13.1. The van der Waals surface area contributed by atoms with Gasteiger partial charge in [-0.1, -0.05) is 55.8 Å². The van der Waals surface area contributed by atoms with Crippen molar-refractivity contribution in [2.75, 3.05) is 7.05 Å². The van der Waals surface area contributed by atoms with Crippen molar-refractivity contribution in [2.45, 2.75) is 31.3 Å². The van der Waals surface area contributed by atoms with E-state index in [9.17, 15) is 13.2 Å². The molecule has 0 saturated heterocycles. The Labute approximate surface area is 170 Å². The number of fused-ring (bicyclic) bond motifs is 1. The lowest BCUT2D eigenvalue weighted by Crippen LogP contribution is -2.39. The molecule has 28 heavy (non-hydrogen) atoms. The molecular formula is C20H22ClN3O3S. The molecule has 3 rings (SSSR count). The predicted molar refractivity (Wildman–Crippen MR) is 110 cm³/mol. The second-order valence-electron chi connectivity index (χ2n) is 7.05. The number of aliphatic imine (C=N–C) groups is 1. The number of carbonyl (C=O) groups excluding carboxylic acids is 1. The highest BCUT2D eigenvalue weighted by Gasteiger charge is 2.33. The number of nitrogens with zero attached hydrogens (tertiary/aromatic N) is 2. The van der Waals surface area contributed by atoms with Gasteiger partial charge in [0.25, 0.3) is 10.0 Å². The molecule has 0 fully saturated rings. The van der Waals surface area contributed by atoms with Crippen molar-refractivity contribution in [3.63, 3.8) is 0 Å².